The number of rotatable bonds is 5. The van der Waals surface area contributed by atoms with Crippen LogP contribution in [0.15, 0.2) is 24.3 Å². The van der Waals surface area contributed by atoms with E-state index in [4.69, 9.17) is 0 Å². The largest absolute Gasteiger partial charge is 0.326 e. The summed E-state index contributed by atoms with van der Waals surface area (Å²) in [5, 5.41) is 6.67. The first-order valence-electron chi connectivity index (χ1n) is 7.86. The Morgan fingerprint density at radius 2 is 1.90 bits per heavy atom. The number of carbonyl (C=O) groups excluding carboxylic acids is 1. The molecule has 4 heteroatoms. The average Bonchev–Trinajstić information content (AvgIpc) is 2.80. The smallest absolute Gasteiger partial charge is 0.224 e. The third kappa shape index (κ3) is 4.01. The van der Waals surface area contributed by atoms with Crippen molar-refractivity contribution >= 4 is 23.4 Å². The molecular weight excluding hydrogens is 280 g/mol. The molecule has 114 valence electrons. The van der Waals surface area contributed by atoms with Gasteiger partial charge in [-0.1, -0.05) is 12.1 Å². The van der Waals surface area contributed by atoms with E-state index in [0.29, 0.717) is 24.4 Å². The topological polar surface area (TPSA) is 41.1 Å². The van der Waals surface area contributed by atoms with E-state index in [9.17, 15) is 4.79 Å². The van der Waals surface area contributed by atoms with Crippen molar-refractivity contribution in [3.63, 3.8) is 0 Å². The van der Waals surface area contributed by atoms with Crippen molar-refractivity contribution in [2.75, 3.05) is 11.6 Å². The van der Waals surface area contributed by atoms with Crippen LogP contribution in [0.3, 0.4) is 0 Å². The molecule has 1 aromatic rings. The SMILES string of the molecule is CSCc1ccc(NC(=O)CC2CC3CCC(C2)N3)cc1. The highest BCUT2D eigenvalue weighted by atomic mass is 32.2. The van der Waals surface area contributed by atoms with E-state index in [1.54, 1.807) is 0 Å². The number of fused-ring (bicyclic) bond motifs is 2. The van der Waals surface area contributed by atoms with Gasteiger partial charge in [0.25, 0.3) is 0 Å². The van der Waals surface area contributed by atoms with Crippen LogP contribution in [-0.2, 0) is 10.5 Å². The van der Waals surface area contributed by atoms with Gasteiger partial charge in [-0.25, -0.2) is 0 Å². The quantitative estimate of drug-likeness (QED) is 0.876. The molecule has 2 aliphatic heterocycles. The van der Waals surface area contributed by atoms with Gasteiger partial charge < -0.3 is 10.6 Å². The molecule has 21 heavy (non-hydrogen) atoms. The van der Waals surface area contributed by atoms with Crippen LogP contribution in [0, 0.1) is 5.92 Å². The Morgan fingerprint density at radius 3 is 2.52 bits per heavy atom. The Hall–Kier alpha value is -1.00. The Bertz CT molecular complexity index is 476. The van der Waals surface area contributed by atoms with Crippen LogP contribution in [0.2, 0.25) is 0 Å². The number of hydrogen-bond acceptors (Lipinski definition) is 3. The molecule has 0 saturated carbocycles. The lowest BCUT2D eigenvalue weighted by Crippen LogP contribution is -2.39. The maximum absolute atomic E-state index is 12.2. The van der Waals surface area contributed by atoms with E-state index in [0.717, 1.165) is 24.3 Å². The standard InChI is InChI=1S/C17H24N2OS/c1-21-11-12-2-4-14(5-3-12)19-17(20)10-13-8-15-6-7-16(9-13)18-15/h2-5,13,15-16,18H,6-11H2,1H3,(H,19,20). The maximum Gasteiger partial charge on any atom is 0.224 e. The Balaban J connectivity index is 1.49. The molecule has 2 heterocycles. The van der Waals surface area contributed by atoms with Gasteiger partial charge >= 0.3 is 0 Å². The van der Waals surface area contributed by atoms with E-state index in [-0.39, 0.29) is 5.91 Å². The molecule has 3 rings (SSSR count). The Labute approximate surface area is 131 Å². The van der Waals surface area contributed by atoms with Crippen LogP contribution < -0.4 is 10.6 Å². The molecular formula is C17H24N2OS. The van der Waals surface area contributed by atoms with Gasteiger partial charge in [-0.3, -0.25) is 4.79 Å². The zero-order chi connectivity index (χ0) is 14.7. The second kappa shape index (κ2) is 6.84. The molecule has 0 aliphatic carbocycles. The molecule has 1 amide bonds. The van der Waals surface area contributed by atoms with E-state index in [2.05, 4.69) is 29.0 Å². The highest BCUT2D eigenvalue weighted by Crippen LogP contribution is 2.32. The minimum atomic E-state index is 0.166. The molecule has 2 unspecified atom stereocenters. The van der Waals surface area contributed by atoms with Crippen LogP contribution in [0.25, 0.3) is 0 Å². The fourth-order valence-corrected chi connectivity index (χ4v) is 4.19. The van der Waals surface area contributed by atoms with E-state index < -0.39 is 0 Å². The van der Waals surface area contributed by atoms with Crippen molar-refractivity contribution in [1.29, 1.82) is 0 Å². The summed E-state index contributed by atoms with van der Waals surface area (Å²) in [4.78, 5) is 12.2. The lowest BCUT2D eigenvalue weighted by Gasteiger charge is -2.28. The fraction of sp³-hybridized carbons (Fsp3) is 0.588. The fourth-order valence-electron chi connectivity index (χ4n) is 3.67. The summed E-state index contributed by atoms with van der Waals surface area (Å²) in [5.41, 5.74) is 2.22. The molecule has 2 saturated heterocycles. The molecule has 2 bridgehead atoms. The highest BCUT2D eigenvalue weighted by Gasteiger charge is 2.34. The van der Waals surface area contributed by atoms with Crippen molar-refractivity contribution in [1.82, 2.24) is 5.32 Å². The van der Waals surface area contributed by atoms with E-state index >= 15 is 0 Å². The molecule has 2 N–H and O–H groups in total. The minimum Gasteiger partial charge on any atom is -0.326 e. The van der Waals surface area contributed by atoms with Gasteiger partial charge in [0.1, 0.15) is 0 Å². The molecule has 1 aromatic carbocycles. The van der Waals surface area contributed by atoms with Crippen LogP contribution in [0.4, 0.5) is 5.69 Å². The molecule has 0 aromatic heterocycles. The summed E-state index contributed by atoms with van der Waals surface area (Å²) in [5.74, 6) is 1.74. The lowest BCUT2D eigenvalue weighted by atomic mass is 9.89. The Morgan fingerprint density at radius 1 is 1.24 bits per heavy atom. The van der Waals surface area contributed by atoms with Crippen molar-refractivity contribution in [3.05, 3.63) is 29.8 Å². The zero-order valence-electron chi connectivity index (χ0n) is 12.6. The highest BCUT2D eigenvalue weighted by molar-refractivity contribution is 7.97. The monoisotopic (exact) mass is 304 g/mol. The first kappa shape index (κ1) is 14.9. The number of hydrogen-bond donors (Lipinski definition) is 2. The first-order chi connectivity index (χ1) is 10.2. The summed E-state index contributed by atoms with van der Waals surface area (Å²) in [6.45, 7) is 0. The normalized spacial score (nSPS) is 27.6. The summed E-state index contributed by atoms with van der Waals surface area (Å²) in [6, 6.07) is 9.53. The van der Waals surface area contributed by atoms with Crippen LogP contribution in [0.5, 0.6) is 0 Å². The minimum absolute atomic E-state index is 0.166. The number of benzene rings is 1. The number of thioether (sulfide) groups is 1. The van der Waals surface area contributed by atoms with Gasteiger partial charge in [0.2, 0.25) is 5.91 Å². The molecule has 0 spiro atoms. The summed E-state index contributed by atoms with van der Waals surface area (Å²) >= 11 is 1.81. The number of carbonyl (C=O) groups is 1. The van der Waals surface area contributed by atoms with Crippen LogP contribution in [0.1, 0.15) is 37.7 Å². The second-order valence-corrected chi connectivity index (χ2v) is 7.22. The van der Waals surface area contributed by atoms with Crippen LogP contribution >= 0.6 is 11.8 Å². The summed E-state index contributed by atoms with van der Waals surface area (Å²) in [6.07, 6.45) is 7.68. The number of nitrogens with one attached hydrogen (secondary N) is 2. The summed E-state index contributed by atoms with van der Waals surface area (Å²) in [7, 11) is 0. The van der Waals surface area contributed by atoms with Crippen molar-refractivity contribution in [2.24, 2.45) is 5.92 Å². The van der Waals surface area contributed by atoms with Gasteiger partial charge in [0.05, 0.1) is 0 Å². The summed E-state index contributed by atoms with van der Waals surface area (Å²) < 4.78 is 0. The van der Waals surface area contributed by atoms with Crippen molar-refractivity contribution in [2.45, 2.75) is 49.9 Å². The predicted molar refractivity (Wildman–Crippen MR) is 89.6 cm³/mol. The number of piperidine rings is 1. The van der Waals surface area contributed by atoms with Gasteiger partial charge in [0.15, 0.2) is 0 Å². The second-order valence-electron chi connectivity index (χ2n) is 6.36. The van der Waals surface area contributed by atoms with Crippen molar-refractivity contribution in [3.8, 4) is 0 Å². The van der Waals surface area contributed by atoms with Gasteiger partial charge in [-0.2, -0.15) is 11.8 Å². The van der Waals surface area contributed by atoms with Crippen LogP contribution in [-0.4, -0.2) is 24.2 Å². The van der Waals surface area contributed by atoms with Gasteiger partial charge in [-0.15, -0.1) is 0 Å². The first-order valence-corrected chi connectivity index (χ1v) is 9.26. The molecule has 2 aliphatic rings. The number of amides is 1. The van der Waals surface area contributed by atoms with Gasteiger partial charge in [-0.05, 0) is 55.6 Å². The molecule has 0 radical (unpaired) electrons. The lowest BCUT2D eigenvalue weighted by molar-refractivity contribution is -0.117. The van der Waals surface area contributed by atoms with Gasteiger partial charge in [0, 0.05) is 29.9 Å². The van der Waals surface area contributed by atoms with E-state index in [1.807, 2.05) is 23.9 Å². The number of anilines is 1. The average molecular weight is 304 g/mol. The van der Waals surface area contributed by atoms with Crippen molar-refractivity contribution < 1.29 is 4.79 Å². The predicted octanol–water partition coefficient (Wildman–Crippen LogP) is 3.41. The maximum atomic E-state index is 12.2. The van der Waals surface area contributed by atoms with E-state index in [1.165, 1.54) is 18.4 Å². The molecule has 2 fully saturated rings. The Kier molecular flexibility index (Phi) is 4.86. The zero-order valence-corrected chi connectivity index (χ0v) is 13.4. The molecule has 2 atom stereocenters. The molecule has 3 nitrogen and oxygen atoms in total. The third-order valence-corrected chi connectivity index (χ3v) is 5.22. The third-order valence-electron chi connectivity index (χ3n) is 4.59.